The van der Waals surface area contributed by atoms with Crippen LogP contribution in [-0.4, -0.2) is 41.1 Å². The fourth-order valence-corrected chi connectivity index (χ4v) is 6.31. The zero-order valence-corrected chi connectivity index (χ0v) is 25.5. The Balaban J connectivity index is 1.89. The van der Waals surface area contributed by atoms with Crippen molar-refractivity contribution in [3.8, 4) is 22.9 Å². The first-order chi connectivity index (χ1) is 20.5. The summed E-state index contributed by atoms with van der Waals surface area (Å²) in [4.78, 5) is 30.4. The van der Waals surface area contributed by atoms with Gasteiger partial charge in [-0.3, -0.25) is 14.2 Å². The van der Waals surface area contributed by atoms with Gasteiger partial charge >= 0.3 is 0 Å². The molecule has 1 aliphatic heterocycles. The molecular formula is C33H30Cl2FN5O2. The highest BCUT2D eigenvalue weighted by Gasteiger charge is 2.31. The number of carbonyl (C=O) groups excluding carboxylic acids is 1. The number of hydrogen-bond acceptors (Lipinski definition) is 5. The Kier molecular flexibility index (Phi) is 8.24. The lowest BCUT2D eigenvalue weighted by Gasteiger charge is -2.41. The molecule has 1 saturated heterocycles. The molecule has 0 bridgehead atoms. The van der Waals surface area contributed by atoms with Gasteiger partial charge in [0.25, 0.3) is 5.56 Å². The molecule has 0 saturated carbocycles. The fraction of sp³-hybridized carbons (Fsp3) is 0.242. The second-order valence-electron chi connectivity index (χ2n) is 10.9. The predicted molar refractivity (Wildman–Crippen MR) is 172 cm³/mol. The van der Waals surface area contributed by atoms with Gasteiger partial charge in [0.15, 0.2) is 0 Å². The number of fused-ring (bicyclic) bond motifs is 1. The molecule has 0 unspecified atom stereocenters. The number of aromatic nitrogens is 1. The van der Waals surface area contributed by atoms with Crippen molar-refractivity contribution in [2.75, 3.05) is 30.3 Å². The molecule has 5 rings (SSSR count). The number of carbonyl (C=O) groups is 1. The van der Waals surface area contributed by atoms with E-state index in [4.69, 9.17) is 28.9 Å². The van der Waals surface area contributed by atoms with Crippen molar-refractivity contribution in [2.45, 2.75) is 32.7 Å². The Hall–Kier alpha value is -4.32. The molecule has 4 aromatic rings. The molecule has 1 fully saturated rings. The van der Waals surface area contributed by atoms with Crippen molar-refractivity contribution in [3.05, 3.63) is 98.5 Å². The average Bonchev–Trinajstić information content (AvgIpc) is 2.98. The van der Waals surface area contributed by atoms with Crippen LogP contribution in [0.2, 0.25) is 10.0 Å². The molecule has 7 nitrogen and oxygen atoms in total. The first-order valence-corrected chi connectivity index (χ1v) is 14.6. The molecule has 220 valence electrons. The minimum Gasteiger partial charge on any atom is -0.396 e. The number of rotatable bonds is 5. The van der Waals surface area contributed by atoms with Gasteiger partial charge in [0, 0.05) is 52.2 Å². The van der Waals surface area contributed by atoms with Gasteiger partial charge in [0.2, 0.25) is 5.91 Å². The van der Waals surface area contributed by atoms with E-state index in [-0.39, 0.29) is 44.7 Å². The highest BCUT2D eigenvalue weighted by atomic mass is 35.5. The van der Waals surface area contributed by atoms with Crippen LogP contribution in [0.3, 0.4) is 0 Å². The molecule has 3 aromatic carbocycles. The number of halogens is 3. The maximum atomic E-state index is 14.7. The minimum atomic E-state index is -0.692. The molecular weight excluding hydrogens is 588 g/mol. The lowest BCUT2D eigenvalue weighted by atomic mass is 9.97. The van der Waals surface area contributed by atoms with E-state index in [0.29, 0.717) is 47.5 Å². The van der Waals surface area contributed by atoms with E-state index < -0.39 is 11.4 Å². The number of piperazine rings is 1. The number of nitrogens with two attached hydrogens (primary N) is 1. The molecule has 1 aliphatic rings. The van der Waals surface area contributed by atoms with Crippen LogP contribution in [0.4, 0.5) is 15.8 Å². The van der Waals surface area contributed by atoms with Crippen molar-refractivity contribution >= 4 is 51.4 Å². The van der Waals surface area contributed by atoms with Crippen LogP contribution in [-0.2, 0) is 4.79 Å². The third kappa shape index (κ3) is 5.24. The summed E-state index contributed by atoms with van der Waals surface area (Å²) in [5.74, 6) is -0.817. The zero-order valence-electron chi connectivity index (χ0n) is 24.0. The number of para-hydroxylation sites is 1. The van der Waals surface area contributed by atoms with Crippen molar-refractivity contribution in [1.29, 1.82) is 5.26 Å². The van der Waals surface area contributed by atoms with Gasteiger partial charge in [-0.05, 0) is 54.8 Å². The monoisotopic (exact) mass is 617 g/mol. The Labute approximate surface area is 259 Å². The summed E-state index contributed by atoms with van der Waals surface area (Å²) in [6.45, 7) is 10.7. The van der Waals surface area contributed by atoms with Crippen LogP contribution in [0.25, 0.3) is 27.7 Å². The maximum absolute atomic E-state index is 14.7. The summed E-state index contributed by atoms with van der Waals surface area (Å²) in [5.41, 5.74) is 8.53. The van der Waals surface area contributed by atoms with E-state index in [1.807, 2.05) is 49.9 Å². The fourth-order valence-electron chi connectivity index (χ4n) is 5.84. The predicted octanol–water partition coefficient (Wildman–Crippen LogP) is 6.90. The summed E-state index contributed by atoms with van der Waals surface area (Å²) < 4.78 is 16.2. The number of benzene rings is 3. The summed E-state index contributed by atoms with van der Waals surface area (Å²) in [7, 11) is 0. The standard InChI is InChI=1S/C33H30Cl2FN5O2/c1-5-30(42)39-10-11-40(19(4)17-39)32-24-14-26(35)22(23-12-20(34)13-27(36)31(23)38)15-29(24)41(33(43)25(32)16-37)28-9-7-6-8-21(28)18(2)3/h5-9,12-15,18-19H,1,10-11,17,38H2,2-4H3/t19-/m0/s1. The third-order valence-electron chi connectivity index (χ3n) is 7.93. The van der Waals surface area contributed by atoms with Crippen molar-refractivity contribution in [2.24, 2.45) is 0 Å². The number of nitriles is 1. The van der Waals surface area contributed by atoms with Crippen LogP contribution >= 0.6 is 23.2 Å². The van der Waals surface area contributed by atoms with Crippen molar-refractivity contribution in [3.63, 3.8) is 0 Å². The quantitative estimate of drug-likeness (QED) is 0.194. The smallest absolute Gasteiger partial charge is 0.275 e. The number of anilines is 2. The first-order valence-electron chi connectivity index (χ1n) is 13.8. The number of amides is 1. The van der Waals surface area contributed by atoms with Crippen molar-refractivity contribution in [1.82, 2.24) is 9.47 Å². The first kappa shape index (κ1) is 30.1. The van der Waals surface area contributed by atoms with E-state index in [1.54, 1.807) is 17.0 Å². The van der Waals surface area contributed by atoms with Crippen LogP contribution < -0.4 is 16.2 Å². The SMILES string of the molecule is C=CC(=O)N1CCN(c2c(C#N)c(=O)n(-c3ccccc3C(C)C)c3cc(-c4cc(Cl)cc(F)c4N)c(Cl)cc23)[C@@H](C)C1. The Morgan fingerprint density at radius 3 is 2.53 bits per heavy atom. The number of hydrogen-bond donors (Lipinski definition) is 1. The second-order valence-corrected chi connectivity index (χ2v) is 11.8. The van der Waals surface area contributed by atoms with Gasteiger partial charge in [0.05, 0.1) is 22.6 Å². The minimum absolute atomic E-state index is 0.0430. The molecule has 2 N–H and O–H groups in total. The topological polar surface area (TPSA) is 95.4 Å². The second kappa shape index (κ2) is 11.8. The molecule has 1 amide bonds. The van der Waals surface area contributed by atoms with Gasteiger partial charge in [-0.1, -0.05) is 61.8 Å². The van der Waals surface area contributed by atoms with Gasteiger partial charge in [-0.25, -0.2) is 4.39 Å². The molecule has 0 spiro atoms. The maximum Gasteiger partial charge on any atom is 0.275 e. The normalized spacial score (nSPS) is 15.2. The number of nitrogen functional groups attached to an aromatic ring is 1. The third-order valence-corrected chi connectivity index (χ3v) is 8.46. The zero-order chi connectivity index (χ0) is 31.2. The van der Waals surface area contributed by atoms with Crippen LogP contribution in [0.5, 0.6) is 0 Å². The average molecular weight is 619 g/mol. The lowest BCUT2D eigenvalue weighted by molar-refractivity contribution is -0.126. The molecule has 0 radical (unpaired) electrons. The molecule has 1 aromatic heterocycles. The van der Waals surface area contributed by atoms with Crippen LogP contribution in [0, 0.1) is 17.1 Å². The number of nitrogens with zero attached hydrogens (tertiary/aromatic N) is 4. The van der Waals surface area contributed by atoms with Crippen LogP contribution in [0.1, 0.15) is 37.8 Å². The number of pyridine rings is 1. The summed E-state index contributed by atoms with van der Waals surface area (Å²) >= 11 is 13.1. The van der Waals surface area contributed by atoms with E-state index >= 15 is 0 Å². The Morgan fingerprint density at radius 2 is 1.88 bits per heavy atom. The summed E-state index contributed by atoms with van der Waals surface area (Å²) in [6.07, 6.45) is 1.28. The summed E-state index contributed by atoms with van der Waals surface area (Å²) in [5, 5.41) is 11.4. The highest BCUT2D eigenvalue weighted by molar-refractivity contribution is 6.35. The van der Waals surface area contributed by atoms with Gasteiger partial charge in [-0.2, -0.15) is 5.26 Å². The van der Waals surface area contributed by atoms with E-state index in [0.717, 1.165) is 11.6 Å². The van der Waals surface area contributed by atoms with Crippen molar-refractivity contribution < 1.29 is 9.18 Å². The van der Waals surface area contributed by atoms with E-state index in [2.05, 4.69) is 12.6 Å². The highest BCUT2D eigenvalue weighted by Crippen LogP contribution is 2.42. The summed E-state index contributed by atoms with van der Waals surface area (Å²) in [6, 6.07) is 15.5. The van der Waals surface area contributed by atoms with Crippen LogP contribution in [0.15, 0.2) is 66.0 Å². The van der Waals surface area contributed by atoms with E-state index in [9.17, 15) is 19.2 Å². The Bertz CT molecular complexity index is 1900. The molecule has 10 heteroatoms. The van der Waals surface area contributed by atoms with Gasteiger partial charge < -0.3 is 15.5 Å². The van der Waals surface area contributed by atoms with Gasteiger partial charge in [-0.15, -0.1) is 0 Å². The lowest BCUT2D eigenvalue weighted by Crippen LogP contribution is -2.54. The molecule has 43 heavy (non-hydrogen) atoms. The molecule has 0 aliphatic carbocycles. The Morgan fingerprint density at radius 1 is 1.16 bits per heavy atom. The van der Waals surface area contributed by atoms with E-state index in [1.165, 1.54) is 16.7 Å². The largest absolute Gasteiger partial charge is 0.396 e. The molecule has 1 atom stereocenters. The van der Waals surface area contributed by atoms with Gasteiger partial charge in [0.1, 0.15) is 17.4 Å². The molecule has 2 heterocycles.